The maximum atomic E-state index is 11.8. The number of nitrogens with zero attached hydrogens (tertiary/aromatic N) is 4. The Hall–Kier alpha value is -5.61. The Labute approximate surface area is 234 Å². The first-order valence-electron chi connectivity index (χ1n) is 11.3. The fraction of sp³-hybridized carbons (Fsp3) is 0. The summed E-state index contributed by atoms with van der Waals surface area (Å²) < 4.78 is 23.7. The fourth-order valence-corrected chi connectivity index (χ4v) is 6.59. The van der Waals surface area contributed by atoms with Gasteiger partial charge in [-0.05, 0) is 0 Å². The van der Waals surface area contributed by atoms with Crippen LogP contribution in [-0.2, 0) is 18.1 Å². The summed E-state index contributed by atoms with van der Waals surface area (Å²) in [5, 5.41) is 47.1. The summed E-state index contributed by atoms with van der Waals surface area (Å²) in [6.07, 6.45) is 0. The van der Waals surface area contributed by atoms with Gasteiger partial charge in [0, 0.05) is 0 Å². The average molecular weight is 600 g/mol. The van der Waals surface area contributed by atoms with Crippen LogP contribution in [0.3, 0.4) is 0 Å². The van der Waals surface area contributed by atoms with Crippen molar-refractivity contribution in [1.82, 2.24) is 0 Å². The van der Waals surface area contributed by atoms with Crippen LogP contribution in [0.15, 0.2) is 97.1 Å². The van der Waals surface area contributed by atoms with Crippen molar-refractivity contribution in [3.05, 3.63) is 138 Å². The number of benzene rings is 4. The molecule has 0 fully saturated rings. The fourth-order valence-electron chi connectivity index (χ4n) is 3.44. The standard InChI is InChI=1S/4C6H5NO3.Ti/c4*8-6-4-2-1-3-5(6)7(9)10;/h4*1-4,8H;/q;;;;+4/p-4. The molecule has 0 aliphatic carbocycles. The van der Waals surface area contributed by atoms with E-state index in [-0.39, 0.29) is 0 Å². The minimum atomic E-state index is -6.02. The van der Waals surface area contributed by atoms with Crippen molar-refractivity contribution in [2.24, 2.45) is 0 Å². The van der Waals surface area contributed by atoms with Crippen molar-refractivity contribution in [3.63, 3.8) is 0 Å². The van der Waals surface area contributed by atoms with Crippen molar-refractivity contribution in [1.29, 1.82) is 0 Å². The van der Waals surface area contributed by atoms with E-state index in [0.717, 1.165) is 48.5 Å². The number of hydrogen-bond acceptors (Lipinski definition) is 12. The second kappa shape index (κ2) is 12.1. The van der Waals surface area contributed by atoms with E-state index in [2.05, 4.69) is 0 Å². The topological polar surface area (TPSA) is 209 Å². The molecule has 208 valence electrons. The quantitative estimate of drug-likeness (QED) is 0.108. The van der Waals surface area contributed by atoms with Gasteiger partial charge in [0.05, 0.1) is 0 Å². The Morgan fingerprint density at radius 3 is 0.780 bits per heavy atom. The first kappa shape index (κ1) is 28.4. The van der Waals surface area contributed by atoms with E-state index < -0.39 is 83.6 Å². The van der Waals surface area contributed by atoms with Crippen molar-refractivity contribution in [2.45, 2.75) is 0 Å². The summed E-state index contributed by atoms with van der Waals surface area (Å²) in [5.74, 6) is -1.97. The number of nitro groups is 4. The molecule has 4 rings (SSSR count). The average Bonchev–Trinajstić information content (AvgIpc) is 2.93. The van der Waals surface area contributed by atoms with Gasteiger partial charge < -0.3 is 0 Å². The Kier molecular flexibility index (Phi) is 8.36. The Bertz CT molecular complexity index is 1410. The molecule has 0 N–H and O–H groups in total. The van der Waals surface area contributed by atoms with Crippen LogP contribution < -0.4 is 13.3 Å². The van der Waals surface area contributed by atoms with E-state index in [1.807, 2.05) is 0 Å². The molecule has 0 aliphatic rings. The van der Waals surface area contributed by atoms with Gasteiger partial charge in [0.2, 0.25) is 0 Å². The van der Waals surface area contributed by atoms with Crippen LogP contribution in [-0.4, -0.2) is 19.7 Å². The summed E-state index contributed by atoms with van der Waals surface area (Å²) in [7, 11) is 0. The molecule has 0 amide bonds. The van der Waals surface area contributed by atoms with Crippen LogP contribution in [0.2, 0.25) is 0 Å². The number of hydrogen-bond donors (Lipinski definition) is 0. The van der Waals surface area contributed by atoms with Gasteiger partial charge in [0.1, 0.15) is 0 Å². The van der Waals surface area contributed by atoms with E-state index >= 15 is 0 Å². The van der Waals surface area contributed by atoms with Crippen LogP contribution in [0.4, 0.5) is 22.7 Å². The van der Waals surface area contributed by atoms with E-state index in [9.17, 15) is 40.5 Å². The van der Waals surface area contributed by atoms with Crippen LogP contribution in [0.1, 0.15) is 0 Å². The second-order valence-corrected chi connectivity index (χ2v) is 10.6. The van der Waals surface area contributed by atoms with Crippen molar-refractivity contribution in [2.75, 3.05) is 0 Å². The number of nitro benzene ring substituents is 4. The summed E-state index contributed by atoms with van der Waals surface area (Å²) in [6, 6.07) is 19.6. The SMILES string of the molecule is O=[N+]([O-])c1ccccc1[O][Ti]([O]c1ccccc1[N+](=O)[O-])([O]c1ccccc1[N+](=O)[O-])[O]c1ccccc1[N+](=O)[O-]. The Morgan fingerprint density at radius 1 is 0.390 bits per heavy atom. The molecule has 0 heterocycles. The van der Waals surface area contributed by atoms with Gasteiger partial charge in [0.25, 0.3) is 0 Å². The van der Waals surface area contributed by atoms with Crippen LogP contribution in [0.25, 0.3) is 0 Å². The van der Waals surface area contributed by atoms with E-state index in [1.54, 1.807) is 0 Å². The minimum absolute atomic E-state index is 0.492. The third-order valence-corrected chi connectivity index (χ3v) is 8.12. The summed E-state index contributed by atoms with van der Waals surface area (Å²) in [4.78, 5) is 43.9. The molecule has 0 saturated carbocycles. The number of rotatable bonds is 12. The molecule has 0 saturated heterocycles. The molecule has 0 aliphatic heterocycles. The van der Waals surface area contributed by atoms with Crippen molar-refractivity contribution in [3.8, 4) is 23.0 Å². The zero-order chi connectivity index (χ0) is 29.6. The maximum absolute atomic E-state index is 11.8. The monoisotopic (exact) mass is 600 g/mol. The summed E-state index contributed by atoms with van der Waals surface area (Å²) >= 11 is -6.02. The van der Waals surface area contributed by atoms with E-state index in [0.29, 0.717) is 0 Å². The van der Waals surface area contributed by atoms with Crippen molar-refractivity contribution < 1.29 is 51.1 Å². The molecule has 0 unspecified atom stereocenters. The third kappa shape index (κ3) is 6.52. The second-order valence-electron chi connectivity index (χ2n) is 7.81. The molecule has 4 aromatic rings. The predicted octanol–water partition coefficient (Wildman–Crippen LogP) is 5.75. The van der Waals surface area contributed by atoms with E-state index in [1.165, 1.54) is 48.5 Å². The molecule has 0 radical (unpaired) electrons. The van der Waals surface area contributed by atoms with Crippen LogP contribution in [0.5, 0.6) is 23.0 Å². The number of para-hydroxylation sites is 8. The molecular formula is C24H16N4O12Ti. The van der Waals surface area contributed by atoms with Crippen LogP contribution >= 0.6 is 0 Å². The Balaban J connectivity index is 2.00. The van der Waals surface area contributed by atoms with Gasteiger partial charge in [-0.3, -0.25) is 0 Å². The first-order valence-corrected chi connectivity index (χ1v) is 13.8. The first-order chi connectivity index (χ1) is 19.6. The van der Waals surface area contributed by atoms with Crippen molar-refractivity contribution >= 4 is 22.7 Å². The Morgan fingerprint density at radius 2 is 0.585 bits per heavy atom. The zero-order valence-electron chi connectivity index (χ0n) is 20.4. The molecule has 0 spiro atoms. The van der Waals surface area contributed by atoms with Crippen LogP contribution in [0, 0.1) is 40.5 Å². The van der Waals surface area contributed by atoms with Gasteiger partial charge in [-0.1, -0.05) is 0 Å². The van der Waals surface area contributed by atoms with Gasteiger partial charge >= 0.3 is 234 Å². The third-order valence-electron chi connectivity index (χ3n) is 5.19. The normalized spacial score (nSPS) is 10.7. The zero-order valence-corrected chi connectivity index (χ0v) is 22.0. The molecule has 16 nitrogen and oxygen atoms in total. The molecule has 0 bridgehead atoms. The van der Waals surface area contributed by atoms with Gasteiger partial charge in [-0.2, -0.15) is 0 Å². The van der Waals surface area contributed by atoms with E-state index in [4.69, 9.17) is 13.3 Å². The molecule has 41 heavy (non-hydrogen) atoms. The molecule has 17 heteroatoms. The predicted molar refractivity (Wildman–Crippen MR) is 135 cm³/mol. The van der Waals surface area contributed by atoms with Gasteiger partial charge in [-0.25, -0.2) is 0 Å². The molecule has 0 atom stereocenters. The summed E-state index contributed by atoms with van der Waals surface area (Å²) in [5.41, 5.74) is -2.42. The van der Waals surface area contributed by atoms with Gasteiger partial charge in [0.15, 0.2) is 0 Å². The molecule has 4 aromatic carbocycles. The molecular weight excluding hydrogens is 584 g/mol. The van der Waals surface area contributed by atoms with Gasteiger partial charge in [-0.15, -0.1) is 0 Å². The summed E-state index contributed by atoms with van der Waals surface area (Å²) in [6.45, 7) is 0. The molecule has 0 aromatic heterocycles.